The van der Waals surface area contributed by atoms with E-state index in [9.17, 15) is 0 Å². The molecule has 1 aromatic rings. The van der Waals surface area contributed by atoms with Gasteiger partial charge < -0.3 is 5.73 Å². The molecular weight excluding hydrogens is 210 g/mol. The normalized spacial score (nSPS) is 12.2. The second-order valence-corrected chi connectivity index (χ2v) is 3.31. The molecule has 0 unspecified atom stereocenters. The van der Waals surface area contributed by atoms with Gasteiger partial charge >= 0.3 is 0 Å². The van der Waals surface area contributed by atoms with Gasteiger partial charge in [0.15, 0.2) is 0 Å². The SMILES string of the molecule is C#C/C=C(\C=C/C)/N=N/c1ccc(CN)cc1. The summed E-state index contributed by atoms with van der Waals surface area (Å²) < 4.78 is 0. The molecule has 0 spiro atoms. The predicted octanol–water partition coefficient (Wildman–Crippen LogP) is 3.32. The van der Waals surface area contributed by atoms with E-state index in [2.05, 4.69) is 16.1 Å². The number of terminal acetylenes is 1. The fraction of sp³-hybridized carbons (Fsp3) is 0.143. The predicted molar refractivity (Wildman–Crippen MR) is 70.6 cm³/mol. The summed E-state index contributed by atoms with van der Waals surface area (Å²) in [6, 6.07) is 7.59. The lowest BCUT2D eigenvalue weighted by atomic mass is 10.2. The lowest BCUT2D eigenvalue weighted by Crippen LogP contribution is -1.94. The first kappa shape index (κ1) is 12.9. The first-order chi connectivity index (χ1) is 8.30. The number of azo groups is 1. The summed E-state index contributed by atoms with van der Waals surface area (Å²) in [4.78, 5) is 0. The molecule has 3 heteroatoms. The number of allylic oxidation sites excluding steroid dienone is 3. The van der Waals surface area contributed by atoms with Crippen LogP contribution in [-0.2, 0) is 6.54 Å². The summed E-state index contributed by atoms with van der Waals surface area (Å²) in [6.45, 7) is 2.42. The number of rotatable bonds is 4. The maximum absolute atomic E-state index is 5.51. The second kappa shape index (κ2) is 7.15. The molecule has 0 aliphatic heterocycles. The van der Waals surface area contributed by atoms with Gasteiger partial charge in [0, 0.05) is 12.6 Å². The number of hydrogen-bond donors (Lipinski definition) is 1. The molecule has 0 aromatic heterocycles. The molecular formula is C14H15N3. The van der Waals surface area contributed by atoms with Crippen LogP contribution < -0.4 is 5.73 Å². The monoisotopic (exact) mass is 225 g/mol. The van der Waals surface area contributed by atoms with Gasteiger partial charge in [-0.15, -0.1) is 11.5 Å². The van der Waals surface area contributed by atoms with Gasteiger partial charge in [0.1, 0.15) is 0 Å². The van der Waals surface area contributed by atoms with Gasteiger partial charge in [-0.25, -0.2) is 0 Å². The zero-order valence-electron chi connectivity index (χ0n) is 9.80. The molecule has 0 saturated carbocycles. The molecule has 1 aromatic carbocycles. The first-order valence-corrected chi connectivity index (χ1v) is 5.30. The van der Waals surface area contributed by atoms with E-state index >= 15 is 0 Å². The van der Waals surface area contributed by atoms with Crippen molar-refractivity contribution in [2.75, 3.05) is 0 Å². The molecule has 0 aliphatic rings. The molecule has 86 valence electrons. The molecule has 1 rings (SSSR count). The van der Waals surface area contributed by atoms with Crippen LogP contribution in [0, 0.1) is 12.3 Å². The highest BCUT2D eigenvalue weighted by molar-refractivity contribution is 5.38. The summed E-state index contributed by atoms with van der Waals surface area (Å²) >= 11 is 0. The zero-order chi connectivity index (χ0) is 12.5. The van der Waals surface area contributed by atoms with Gasteiger partial charge in [-0.05, 0) is 30.7 Å². The maximum Gasteiger partial charge on any atom is 0.0936 e. The van der Waals surface area contributed by atoms with Crippen LogP contribution in [0.4, 0.5) is 5.69 Å². The quantitative estimate of drug-likeness (QED) is 0.477. The Balaban J connectivity index is 2.82. The highest BCUT2D eigenvalue weighted by Gasteiger charge is 1.91. The van der Waals surface area contributed by atoms with E-state index in [1.165, 1.54) is 0 Å². The third kappa shape index (κ3) is 4.45. The molecule has 0 bridgehead atoms. The van der Waals surface area contributed by atoms with Crippen molar-refractivity contribution in [2.45, 2.75) is 13.5 Å². The van der Waals surface area contributed by atoms with E-state index in [0.717, 1.165) is 11.3 Å². The molecule has 0 radical (unpaired) electrons. The Morgan fingerprint density at radius 3 is 2.65 bits per heavy atom. The van der Waals surface area contributed by atoms with Crippen molar-refractivity contribution in [2.24, 2.45) is 16.0 Å². The molecule has 2 N–H and O–H groups in total. The molecule has 0 amide bonds. The van der Waals surface area contributed by atoms with Crippen LogP contribution in [0.25, 0.3) is 0 Å². The van der Waals surface area contributed by atoms with Crippen LogP contribution >= 0.6 is 0 Å². The topological polar surface area (TPSA) is 50.7 Å². The van der Waals surface area contributed by atoms with Gasteiger partial charge in [0.2, 0.25) is 0 Å². The Hall–Kier alpha value is -2.18. The van der Waals surface area contributed by atoms with E-state index in [0.29, 0.717) is 12.2 Å². The Morgan fingerprint density at radius 1 is 1.41 bits per heavy atom. The highest BCUT2D eigenvalue weighted by atomic mass is 15.1. The minimum Gasteiger partial charge on any atom is -0.326 e. The van der Waals surface area contributed by atoms with E-state index < -0.39 is 0 Å². The van der Waals surface area contributed by atoms with Crippen LogP contribution in [0.1, 0.15) is 12.5 Å². The summed E-state index contributed by atoms with van der Waals surface area (Å²) in [5, 5.41) is 8.14. The lowest BCUT2D eigenvalue weighted by Gasteiger charge is -1.96. The highest BCUT2D eigenvalue weighted by Crippen LogP contribution is 2.15. The first-order valence-electron chi connectivity index (χ1n) is 5.30. The van der Waals surface area contributed by atoms with E-state index in [-0.39, 0.29) is 0 Å². The minimum absolute atomic E-state index is 0.526. The van der Waals surface area contributed by atoms with Crippen molar-refractivity contribution in [1.82, 2.24) is 0 Å². The Morgan fingerprint density at radius 2 is 2.12 bits per heavy atom. The van der Waals surface area contributed by atoms with E-state index in [4.69, 9.17) is 12.2 Å². The number of benzene rings is 1. The number of nitrogens with two attached hydrogens (primary N) is 1. The van der Waals surface area contributed by atoms with Crippen LogP contribution in [0.2, 0.25) is 0 Å². The molecule has 17 heavy (non-hydrogen) atoms. The van der Waals surface area contributed by atoms with Crippen molar-refractivity contribution in [1.29, 1.82) is 0 Å². The molecule has 0 saturated heterocycles. The third-order valence-corrected chi connectivity index (χ3v) is 2.02. The second-order valence-electron chi connectivity index (χ2n) is 3.31. The Labute approximate surface area is 102 Å². The average molecular weight is 225 g/mol. The van der Waals surface area contributed by atoms with Crippen molar-refractivity contribution in [3.63, 3.8) is 0 Å². The van der Waals surface area contributed by atoms with Crippen molar-refractivity contribution >= 4 is 5.69 Å². The van der Waals surface area contributed by atoms with Crippen molar-refractivity contribution < 1.29 is 0 Å². The largest absolute Gasteiger partial charge is 0.326 e. The number of nitrogens with zero attached hydrogens (tertiary/aromatic N) is 2. The van der Waals surface area contributed by atoms with Gasteiger partial charge in [0.25, 0.3) is 0 Å². The van der Waals surface area contributed by atoms with Crippen LogP contribution in [0.5, 0.6) is 0 Å². The fourth-order valence-electron chi connectivity index (χ4n) is 1.18. The summed E-state index contributed by atoms with van der Waals surface area (Å²) in [5.41, 5.74) is 8.00. The van der Waals surface area contributed by atoms with Crippen LogP contribution in [0.15, 0.2) is 58.4 Å². The van der Waals surface area contributed by atoms with Crippen LogP contribution in [0.3, 0.4) is 0 Å². The lowest BCUT2D eigenvalue weighted by molar-refractivity contribution is 1.07. The smallest absolute Gasteiger partial charge is 0.0936 e. The van der Waals surface area contributed by atoms with Gasteiger partial charge in [-0.2, -0.15) is 5.11 Å². The Kier molecular flexibility index (Phi) is 5.42. The molecule has 0 atom stereocenters. The number of hydrogen-bond acceptors (Lipinski definition) is 3. The van der Waals surface area contributed by atoms with Crippen molar-refractivity contribution in [3.05, 3.63) is 53.8 Å². The molecule has 0 aliphatic carbocycles. The maximum atomic E-state index is 5.51. The standard InChI is InChI=1S/C14H15N3/c1-3-5-13(6-4-2)16-17-14-9-7-12(11-15)8-10-14/h1,4-10H,11,15H2,2H3/b6-4-,13-5+,17-16+. The fourth-order valence-corrected chi connectivity index (χ4v) is 1.18. The van der Waals surface area contributed by atoms with E-state index in [1.807, 2.05) is 37.3 Å². The molecule has 0 fully saturated rings. The summed E-state index contributed by atoms with van der Waals surface area (Å²) in [7, 11) is 0. The zero-order valence-corrected chi connectivity index (χ0v) is 9.80. The van der Waals surface area contributed by atoms with Gasteiger partial charge in [-0.3, -0.25) is 0 Å². The molecule has 3 nitrogen and oxygen atoms in total. The summed E-state index contributed by atoms with van der Waals surface area (Å²) in [5.74, 6) is 2.42. The van der Waals surface area contributed by atoms with Gasteiger partial charge in [-0.1, -0.05) is 24.1 Å². The van der Waals surface area contributed by atoms with Gasteiger partial charge in [0.05, 0.1) is 11.4 Å². The van der Waals surface area contributed by atoms with Crippen molar-refractivity contribution in [3.8, 4) is 12.3 Å². The third-order valence-electron chi connectivity index (χ3n) is 2.02. The Bertz CT molecular complexity index is 473. The van der Waals surface area contributed by atoms with E-state index in [1.54, 1.807) is 12.2 Å². The van der Waals surface area contributed by atoms with Crippen LogP contribution in [-0.4, -0.2) is 0 Å². The summed E-state index contributed by atoms with van der Waals surface area (Å²) in [6.07, 6.45) is 10.4. The average Bonchev–Trinajstić information content (AvgIpc) is 2.37. The molecule has 0 heterocycles. The minimum atomic E-state index is 0.526.